The van der Waals surface area contributed by atoms with Gasteiger partial charge in [-0.15, -0.1) is 0 Å². The van der Waals surface area contributed by atoms with Crippen LogP contribution in [0.25, 0.3) is 0 Å². The molecule has 2 bridgehead atoms. The minimum absolute atomic E-state index is 0.103. The molecule has 0 saturated carbocycles. The molecule has 5 heterocycles. The molecule has 0 radical (unpaired) electrons. The quantitative estimate of drug-likeness (QED) is 0.917. The molecule has 3 fully saturated rings. The van der Waals surface area contributed by atoms with Crippen molar-refractivity contribution in [1.82, 2.24) is 25.0 Å². The topological polar surface area (TPSA) is 48.0 Å². The highest BCUT2D eigenvalue weighted by Gasteiger charge is 2.35. The van der Waals surface area contributed by atoms with E-state index in [1.807, 2.05) is 12.3 Å². The molecule has 26 heavy (non-hydrogen) atoms. The van der Waals surface area contributed by atoms with E-state index in [1.54, 1.807) is 0 Å². The van der Waals surface area contributed by atoms with E-state index in [0.717, 1.165) is 31.2 Å². The number of hydrogen-bond acceptors (Lipinski definition) is 4. The standard InChI is InChI=1S/C21H31N5/c1-21(2,3)20-10-18(23-24-20)14-26-12-16-7-8-19(26)15-25(11-16)13-17-6-4-5-9-22-17/h4-6,9-10,16,19H,7-8,11-15H2,1-3H3,(H,23,24)/t16-,19+/m1/s1. The predicted octanol–water partition coefficient (Wildman–Crippen LogP) is 3.20. The molecule has 3 aliphatic rings. The van der Waals surface area contributed by atoms with Crippen LogP contribution in [-0.2, 0) is 18.5 Å². The summed E-state index contributed by atoms with van der Waals surface area (Å²) in [6, 6.07) is 9.12. The molecule has 2 atom stereocenters. The van der Waals surface area contributed by atoms with Crippen LogP contribution in [0.5, 0.6) is 0 Å². The van der Waals surface area contributed by atoms with Gasteiger partial charge in [-0.25, -0.2) is 0 Å². The molecule has 3 aliphatic heterocycles. The lowest BCUT2D eigenvalue weighted by atomic mass is 9.92. The Morgan fingerprint density at radius 2 is 2.00 bits per heavy atom. The summed E-state index contributed by atoms with van der Waals surface area (Å²) in [4.78, 5) is 9.80. The summed E-state index contributed by atoms with van der Waals surface area (Å²) in [7, 11) is 0. The predicted molar refractivity (Wildman–Crippen MR) is 104 cm³/mol. The average molecular weight is 354 g/mol. The maximum Gasteiger partial charge on any atom is 0.0678 e. The van der Waals surface area contributed by atoms with Gasteiger partial charge >= 0.3 is 0 Å². The zero-order valence-electron chi connectivity index (χ0n) is 16.3. The number of hydrogen-bond donors (Lipinski definition) is 1. The summed E-state index contributed by atoms with van der Waals surface area (Å²) in [5.74, 6) is 0.766. The second-order valence-corrected chi connectivity index (χ2v) is 9.07. The lowest BCUT2D eigenvalue weighted by molar-refractivity contribution is 0.121. The Morgan fingerprint density at radius 3 is 2.73 bits per heavy atom. The van der Waals surface area contributed by atoms with Crippen LogP contribution in [0.3, 0.4) is 0 Å². The van der Waals surface area contributed by atoms with Crippen molar-refractivity contribution in [3.05, 3.63) is 47.5 Å². The average Bonchev–Trinajstić information content (AvgIpc) is 2.91. The van der Waals surface area contributed by atoms with E-state index in [4.69, 9.17) is 0 Å². The van der Waals surface area contributed by atoms with Gasteiger partial charge in [-0.05, 0) is 37.0 Å². The molecule has 0 aromatic carbocycles. The smallest absolute Gasteiger partial charge is 0.0678 e. The fourth-order valence-corrected chi connectivity index (χ4v) is 4.37. The number of pyridine rings is 1. The van der Waals surface area contributed by atoms with Gasteiger partial charge in [0.25, 0.3) is 0 Å². The molecule has 5 rings (SSSR count). The second kappa shape index (κ2) is 7.12. The van der Waals surface area contributed by atoms with Crippen LogP contribution in [0.2, 0.25) is 0 Å². The lowest BCUT2D eigenvalue weighted by Crippen LogP contribution is -2.43. The number of fused-ring (bicyclic) bond motifs is 4. The van der Waals surface area contributed by atoms with Crippen molar-refractivity contribution in [2.24, 2.45) is 5.92 Å². The first-order valence-electron chi connectivity index (χ1n) is 9.88. The van der Waals surface area contributed by atoms with Crippen LogP contribution in [0.4, 0.5) is 0 Å². The third-order valence-electron chi connectivity index (χ3n) is 5.79. The summed E-state index contributed by atoms with van der Waals surface area (Å²) in [6.07, 6.45) is 4.57. The van der Waals surface area contributed by atoms with Crippen molar-refractivity contribution in [3.8, 4) is 0 Å². The molecule has 140 valence electrons. The van der Waals surface area contributed by atoms with Crippen molar-refractivity contribution >= 4 is 0 Å². The molecule has 2 aromatic heterocycles. The van der Waals surface area contributed by atoms with Gasteiger partial charge in [0.1, 0.15) is 0 Å². The molecule has 0 unspecified atom stereocenters. The van der Waals surface area contributed by atoms with Crippen molar-refractivity contribution in [2.75, 3.05) is 19.6 Å². The molecule has 3 saturated heterocycles. The fraction of sp³-hybridized carbons (Fsp3) is 0.619. The Kier molecular flexibility index (Phi) is 4.84. The molecule has 1 N–H and O–H groups in total. The zero-order valence-corrected chi connectivity index (χ0v) is 16.3. The van der Waals surface area contributed by atoms with Crippen molar-refractivity contribution in [1.29, 1.82) is 0 Å². The van der Waals surface area contributed by atoms with Gasteiger partial charge in [-0.3, -0.25) is 19.9 Å². The number of H-pyrrole nitrogens is 1. The minimum Gasteiger partial charge on any atom is -0.296 e. The van der Waals surface area contributed by atoms with E-state index in [1.165, 1.54) is 37.3 Å². The van der Waals surface area contributed by atoms with Crippen LogP contribution in [0.15, 0.2) is 30.5 Å². The highest BCUT2D eigenvalue weighted by atomic mass is 15.3. The summed E-state index contributed by atoms with van der Waals surface area (Å²) in [6.45, 7) is 12.2. The first kappa shape index (κ1) is 17.7. The van der Waals surface area contributed by atoms with Gasteiger partial charge in [0.05, 0.1) is 11.4 Å². The van der Waals surface area contributed by atoms with E-state index >= 15 is 0 Å². The second-order valence-electron chi connectivity index (χ2n) is 9.07. The first-order chi connectivity index (χ1) is 12.5. The van der Waals surface area contributed by atoms with Crippen molar-refractivity contribution < 1.29 is 0 Å². The summed E-state index contributed by atoms with van der Waals surface area (Å²) in [5, 5.41) is 7.81. The number of nitrogens with one attached hydrogen (secondary N) is 1. The molecule has 0 amide bonds. The van der Waals surface area contributed by atoms with Crippen LogP contribution < -0.4 is 0 Å². The monoisotopic (exact) mass is 353 g/mol. The summed E-state index contributed by atoms with van der Waals surface area (Å²) < 4.78 is 0. The van der Waals surface area contributed by atoms with Crippen LogP contribution in [0.1, 0.15) is 50.7 Å². The number of aromatic amines is 1. The van der Waals surface area contributed by atoms with Gasteiger partial charge in [0, 0.05) is 56.1 Å². The zero-order chi connectivity index (χ0) is 18.1. The van der Waals surface area contributed by atoms with Gasteiger partial charge in [-0.1, -0.05) is 26.8 Å². The Bertz CT molecular complexity index is 718. The van der Waals surface area contributed by atoms with Crippen molar-refractivity contribution in [2.45, 2.75) is 58.2 Å². The normalized spacial score (nSPS) is 24.7. The molecule has 5 nitrogen and oxygen atoms in total. The highest BCUT2D eigenvalue weighted by molar-refractivity contribution is 5.16. The van der Waals surface area contributed by atoms with Crippen molar-refractivity contribution in [3.63, 3.8) is 0 Å². The number of aromatic nitrogens is 3. The highest BCUT2D eigenvalue weighted by Crippen LogP contribution is 2.30. The molecule has 0 spiro atoms. The van der Waals surface area contributed by atoms with Gasteiger partial charge in [0.15, 0.2) is 0 Å². The number of nitrogens with zero attached hydrogens (tertiary/aromatic N) is 4. The van der Waals surface area contributed by atoms with Crippen LogP contribution in [0, 0.1) is 5.92 Å². The molecule has 5 heteroatoms. The maximum absolute atomic E-state index is 4.54. The minimum atomic E-state index is 0.103. The van der Waals surface area contributed by atoms with E-state index in [0.29, 0.717) is 6.04 Å². The van der Waals surface area contributed by atoms with Gasteiger partial charge in [0.2, 0.25) is 0 Å². The van der Waals surface area contributed by atoms with Gasteiger partial charge in [-0.2, -0.15) is 5.10 Å². The molecular weight excluding hydrogens is 322 g/mol. The van der Waals surface area contributed by atoms with E-state index in [-0.39, 0.29) is 5.41 Å². The molecule has 2 aromatic rings. The largest absolute Gasteiger partial charge is 0.296 e. The van der Waals surface area contributed by atoms with Crippen LogP contribution in [-0.4, -0.2) is 50.7 Å². The Morgan fingerprint density at radius 1 is 1.12 bits per heavy atom. The third kappa shape index (κ3) is 3.99. The summed E-state index contributed by atoms with van der Waals surface area (Å²) >= 11 is 0. The number of piperidine rings is 1. The van der Waals surface area contributed by atoms with Crippen LogP contribution >= 0.6 is 0 Å². The SMILES string of the molecule is CC(C)(C)c1cc(CN2C[C@@H]3CC[C@H]2CN(Cc2ccccn2)C3)[nH]n1. The third-order valence-corrected chi connectivity index (χ3v) is 5.79. The Balaban J connectivity index is 1.42. The molecule has 0 aliphatic carbocycles. The first-order valence-corrected chi connectivity index (χ1v) is 9.88. The van der Waals surface area contributed by atoms with E-state index in [2.05, 4.69) is 64.0 Å². The van der Waals surface area contributed by atoms with Gasteiger partial charge < -0.3 is 0 Å². The summed E-state index contributed by atoms with van der Waals surface area (Å²) in [5.41, 5.74) is 3.69. The number of rotatable bonds is 4. The van der Waals surface area contributed by atoms with E-state index < -0.39 is 0 Å². The maximum atomic E-state index is 4.54. The Hall–Kier alpha value is -1.72. The Labute approximate surface area is 156 Å². The van der Waals surface area contributed by atoms with E-state index in [9.17, 15) is 0 Å². The fourth-order valence-electron chi connectivity index (χ4n) is 4.37. The molecular formula is C21H31N5. The lowest BCUT2D eigenvalue weighted by Gasteiger charge is -2.35.